The molecule has 2 aromatic carbocycles. The lowest BCUT2D eigenvalue weighted by molar-refractivity contribution is 0.520. The maximum atomic E-state index is 12.1. The van der Waals surface area contributed by atoms with E-state index in [1.165, 1.54) is 18.4 Å². The molecular weight excluding hydrogens is 534 g/mol. The molecule has 28 heavy (non-hydrogen) atoms. The second-order valence-corrected chi connectivity index (χ2v) is 8.94. The maximum absolute atomic E-state index is 12.1. The number of aliphatic imine (C=N–C) groups is 1. The molecule has 0 bridgehead atoms. The van der Waals surface area contributed by atoms with E-state index in [0.717, 1.165) is 11.1 Å². The van der Waals surface area contributed by atoms with Gasteiger partial charge in [-0.05, 0) is 35.4 Å². The molecule has 10 heteroatoms. The van der Waals surface area contributed by atoms with Gasteiger partial charge in [-0.2, -0.15) is 0 Å². The van der Waals surface area contributed by atoms with Crippen LogP contribution in [0, 0.1) is 0 Å². The molecule has 2 rings (SSSR count). The SMILES string of the molecule is CN=C(NCc1ccc(S(=O)(=O)N(C)C)cc1)NCc1ccc(Cl)cc1Cl.I. The number of hydrogen-bond acceptors (Lipinski definition) is 3. The highest BCUT2D eigenvalue weighted by molar-refractivity contribution is 14.0. The zero-order valence-electron chi connectivity index (χ0n) is 15.7. The van der Waals surface area contributed by atoms with Crippen LogP contribution in [0.3, 0.4) is 0 Å². The molecule has 6 nitrogen and oxygen atoms in total. The minimum Gasteiger partial charge on any atom is -0.352 e. The molecule has 0 amide bonds. The quantitative estimate of drug-likeness (QED) is 0.323. The van der Waals surface area contributed by atoms with Crippen LogP contribution in [0.1, 0.15) is 11.1 Å². The van der Waals surface area contributed by atoms with Gasteiger partial charge < -0.3 is 10.6 Å². The number of sulfonamides is 1. The molecular formula is C18H23Cl2IN4O2S. The zero-order valence-corrected chi connectivity index (χ0v) is 20.4. The minimum absolute atomic E-state index is 0. The van der Waals surface area contributed by atoms with Crippen molar-refractivity contribution in [1.29, 1.82) is 0 Å². The topological polar surface area (TPSA) is 73.8 Å². The van der Waals surface area contributed by atoms with Crippen molar-refractivity contribution in [1.82, 2.24) is 14.9 Å². The second kappa shape index (κ2) is 11.2. The van der Waals surface area contributed by atoms with Crippen LogP contribution in [0.15, 0.2) is 52.4 Å². The Balaban J connectivity index is 0.00000392. The van der Waals surface area contributed by atoms with Gasteiger partial charge in [-0.3, -0.25) is 4.99 Å². The lowest BCUT2D eigenvalue weighted by Crippen LogP contribution is -2.36. The van der Waals surface area contributed by atoms with Crippen molar-refractivity contribution < 1.29 is 8.42 Å². The largest absolute Gasteiger partial charge is 0.352 e. The van der Waals surface area contributed by atoms with E-state index in [4.69, 9.17) is 23.2 Å². The predicted octanol–water partition coefficient (Wildman–Crippen LogP) is 3.73. The minimum atomic E-state index is -3.42. The van der Waals surface area contributed by atoms with Gasteiger partial charge in [-0.15, -0.1) is 24.0 Å². The highest BCUT2D eigenvalue weighted by atomic mass is 127. The summed E-state index contributed by atoms with van der Waals surface area (Å²) in [6.45, 7) is 0.992. The third-order valence-corrected chi connectivity index (χ3v) is 6.26. The van der Waals surface area contributed by atoms with Crippen LogP contribution in [0.2, 0.25) is 10.0 Å². The molecule has 0 fully saturated rings. The molecule has 0 saturated carbocycles. The summed E-state index contributed by atoms with van der Waals surface area (Å²) < 4.78 is 25.4. The molecule has 0 heterocycles. The summed E-state index contributed by atoms with van der Waals surface area (Å²) in [5, 5.41) is 7.53. The summed E-state index contributed by atoms with van der Waals surface area (Å²) in [6.07, 6.45) is 0. The monoisotopic (exact) mass is 556 g/mol. The zero-order chi connectivity index (χ0) is 20.0. The van der Waals surface area contributed by atoms with Crippen molar-refractivity contribution in [2.45, 2.75) is 18.0 Å². The van der Waals surface area contributed by atoms with Gasteiger partial charge in [0.1, 0.15) is 0 Å². The molecule has 0 atom stereocenters. The van der Waals surface area contributed by atoms with Crippen LogP contribution >= 0.6 is 47.2 Å². The van der Waals surface area contributed by atoms with E-state index in [-0.39, 0.29) is 28.9 Å². The summed E-state index contributed by atoms with van der Waals surface area (Å²) in [7, 11) is 1.27. The molecule has 0 aliphatic carbocycles. The lowest BCUT2D eigenvalue weighted by Gasteiger charge is -2.14. The number of benzene rings is 2. The Morgan fingerprint density at radius 1 is 1.04 bits per heavy atom. The third-order valence-electron chi connectivity index (χ3n) is 3.85. The number of halogens is 3. The molecule has 0 unspecified atom stereocenters. The van der Waals surface area contributed by atoms with Crippen LogP contribution in [0.25, 0.3) is 0 Å². The first-order valence-corrected chi connectivity index (χ1v) is 10.3. The van der Waals surface area contributed by atoms with Gasteiger partial charge in [0.25, 0.3) is 0 Å². The average molecular weight is 557 g/mol. The number of nitrogens with zero attached hydrogens (tertiary/aromatic N) is 2. The number of guanidine groups is 1. The molecule has 0 aliphatic heterocycles. The Bertz CT molecular complexity index is 920. The Morgan fingerprint density at radius 2 is 1.64 bits per heavy atom. The molecule has 154 valence electrons. The van der Waals surface area contributed by atoms with E-state index < -0.39 is 10.0 Å². The molecule has 0 aliphatic rings. The molecule has 0 spiro atoms. The summed E-state index contributed by atoms with van der Waals surface area (Å²) in [5.41, 5.74) is 1.84. The highest BCUT2D eigenvalue weighted by Gasteiger charge is 2.16. The molecule has 0 aromatic heterocycles. The Hall–Kier alpha value is -1.07. The van der Waals surface area contributed by atoms with Crippen molar-refractivity contribution >= 4 is 63.2 Å². The molecule has 0 radical (unpaired) electrons. The lowest BCUT2D eigenvalue weighted by atomic mass is 10.2. The van der Waals surface area contributed by atoms with Gasteiger partial charge in [0.15, 0.2) is 5.96 Å². The fourth-order valence-corrected chi connectivity index (χ4v) is 3.62. The van der Waals surface area contributed by atoms with E-state index in [1.54, 1.807) is 43.4 Å². The summed E-state index contributed by atoms with van der Waals surface area (Å²) in [5.74, 6) is 0.603. The number of hydrogen-bond donors (Lipinski definition) is 2. The van der Waals surface area contributed by atoms with Gasteiger partial charge in [-0.25, -0.2) is 12.7 Å². The summed E-state index contributed by atoms with van der Waals surface area (Å²) in [6, 6.07) is 12.1. The van der Waals surface area contributed by atoms with Gasteiger partial charge in [0.2, 0.25) is 10.0 Å². The van der Waals surface area contributed by atoms with E-state index in [2.05, 4.69) is 15.6 Å². The maximum Gasteiger partial charge on any atom is 0.242 e. The molecule has 0 saturated heterocycles. The fourth-order valence-electron chi connectivity index (χ4n) is 2.24. The standard InChI is InChI=1S/C18H22Cl2N4O2S.HI/c1-21-18(23-12-14-6-7-15(19)10-17(14)20)22-11-13-4-8-16(9-5-13)27(25,26)24(2)3;/h4-10H,11-12H2,1-3H3,(H2,21,22,23);1H. The van der Waals surface area contributed by atoms with Crippen molar-refractivity contribution in [3.8, 4) is 0 Å². The Morgan fingerprint density at radius 3 is 2.18 bits per heavy atom. The predicted molar refractivity (Wildman–Crippen MR) is 126 cm³/mol. The summed E-state index contributed by atoms with van der Waals surface area (Å²) in [4.78, 5) is 4.43. The van der Waals surface area contributed by atoms with Gasteiger partial charge in [0, 0.05) is 44.3 Å². The van der Waals surface area contributed by atoms with Crippen LogP contribution in [-0.4, -0.2) is 39.8 Å². The van der Waals surface area contributed by atoms with Crippen LogP contribution < -0.4 is 10.6 Å². The number of rotatable bonds is 6. The smallest absolute Gasteiger partial charge is 0.242 e. The van der Waals surface area contributed by atoms with E-state index in [1.807, 2.05) is 6.07 Å². The third kappa shape index (κ3) is 6.77. The number of nitrogens with one attached hydrogen (secondary N) is 2. The first-order chi connectivity index (χ1) is 12.7. The van der Waals surface area contributed by atoms with Crippen LogP contribution in [-0.2, 0) is 23.1 Å². The first kappa shape index (κ1) is 25.0. The second-order valence-electron chi connectivity index (χ2n) is 5.95. The van der Waals surface area contributed by atoms with Crippen LogP contribution in [0.4, 0.5) is 0 Å². The van der Waals surface area contributed by atoms with Crippen molar-refractivity contribution in [2.75, 3.05) is 21.1 Å². The van der Waals surface area contributed by atoms with Gasteiger partial charge in [-0.1, -0.05) is 41.4 Å². The normalized spacial score (nSPS) is 11.9. The van der Waals surface area contributed by atoms with Gasteiger partial charge in [0.05, 0.1) is 4.90 Å². The Kier molecular flexibility index (Phi) is 9.99. The summed E-state index contributed by atoms with van der Waals surface area (Å²) >= 11 is 12.1. The Labute approximate surface area is 193 Å². The highest BCUT2D eigenvalue weighted by Crippen LogP contribution is 2.20. The van der Waals surface area contributed by atoms with E-state index >= 15 is 0 Å². The van der Waals surface area contributed by atoms with Crippen molar-refractivity contribution in [3.05, 3.63) is 63.6 Å². The first-order valence-electron chi connectivity index (χ1n) is 8.14. The van der Waals surface area contributed by atoms with E-state index in [0.29, 0.717) is 29.1 Å². The molecule has 2 N–H and O–H groups in total. The average Bonchev–Trinajstić information content (AvgIpc) is 2.63. The van der Waals surface area contributed by atoms with Crippen molar-refractivity contribution in [2.24, 2.45) is 4.99 Å². The van der Waals surface area contributed by atoms with Crippen LogP contribution in [0.5, 0.6) is 0 Å². The molecule has 2 aromatic rings. The van der Waals surface area contributed by atoms with Crippen molar-refractivity contribution in [3.63, 3.8) is 0 Å². The van der Waals surface area contributed by atoms with E-state index in [9.17, 15) is 8.42 Å². The van der Waals surface area contributed by atoms with Gasteiger partial charge >= 0.3 is 0 Å². The fraction of sp³-hybridized carbons (Fsp3) is 0.278.